The zero-order valence-electron chi connectivity index (χ0n) is 9.76. The highest BCUT2D eigenvalue weighted by molar-refractivity contribution is 14.1. The first-order valence-corrected chi connectivity index (χ1v) is 6.80. The van der Waals surface area contributed by atoms with Crippen molar-refractivity contribution < 1.29 is 14.7 Å². The van der Waals surface area contributed by atoms with Crippen molar-refractivity contribution >= 4 is 34.2 Å². The standard InChI is InChI=1S/C15H9IO3/c16-15(9-4-3-5-10(17)8-9)13(18)11-6-1-2-7-12(11)14(15)19/h1-8,17H. The minimum Gasteiger partial charge on any atom is -0.508 e. The van der Waals surface area contributed by atoms with Crippen molar-refractivity contribution in [2.24, 2.45) is 0 Å². The van der Waals surface area contributed by atoms with Gasteiger partial charge in [-0.2, -0.15) is 0 Å². The van der Waals surface area contributed by atoms with Crippen LogP contribution in [0, 0.1) is 0 Å². The van der Waals surface area contributed by atoms with Gasteiger partial charge in [0.15, 0.2) is 15.0 Å². The molecule has 0 saturated heterocycles. The molecule has 0 heterocycles. The average Bonchev–Trinajstić information content (AvgIpc) is 2.63. The van der Waals surface area contributed by atoms with Crippen LogP contribution in [0.2, 0.25) is 0 Å². The fourth-order valence-corrected chi connectivity index (χ4v) is 3.25. The first kappa shape index (κ1) is 12.3. The Hall–Kier alpha value is -1.69. The second-order valence-electron chi connectivity index (χ2n) is 4.41. The van der Waals surface area contributed by atoms with Gasteiger partial charge in [0.1, 0.15) is 5.75 Å². The minimum absolute atomic E-state index is 0.0464. The number of benzene rings is 2. The summed E-state index contributed by atoms with van der Waals surface area (Å²) in [6, 6.07) is 13.1. The highest BCUT2D eigenvalue weighted by Crippen LogP contribution is 2.45. The van der Waals surface area contributed by atoms with Crippen LogP contribution >= 0.6 is 22.6 Å². The predicted octanol–water partition coefficient (Wildman–Crippen LogP) is 3.10. The summed E-state index contributed by atoms with van der Waals surface area (Å²) in [5.41, 5.74) is 1.41. The van der Waals surface area contributed by atoms with Crippen LogP contribution in [0.1, 0.15) is 26.3 Å². The summed E-state index contributed by atoms with van der Waals surface area (Å²) in [5.74, 6) is -0.399. The molecule has 0 radical (unpaired) electrons. The Morgan fingerprint density at radius 3 is 2.00 bits per heavy atom. The van der Waals surface area contributed by atoms with E-state index in [1.165, 1.54) is 12.1 Å². The zero-order chi connectivity index (χ0) is 13.6. The van der Waals surface area contributed by atoms with E-state index >= 15 is 0 Å². The van der Waals surface area contributed by atoms with E-state index in [1.807, 2.05) is 22.6 Å². The first-order valence-electron chi connectivity index (χ1n) is 5.72. The molecular formula is C15H9IO3. The van der Waals surface area contributed by atoms with Crippen molar-refractivity contribution in [2.45, 2.75) is 3.42 Å². The number of hydrogen-bond acceptors (Lipinski definition) is 3. The third-order valence-corrected chi connectivity index (χ3v) is 4.89. The molecule has 0 amide bonds. The Kier molecular flexibility index (Phi) is 2.70. The van der Waals surface area contributed by atoms with Crippen molar-refractivity contribution in [1.82, 2.24) is 0 Å². The van der Waals surface area contributed by atoms with Crippen LogP contribution in [0.25, 0.3) is 0 Å². The van der Waals surface area contributed by atoms with Gasteiger partial charge in [0, 0.05) is 11.1 Å². The van der Waals surface area contributed by atoms with Crippen LogP contribution in [-0.4, -0.2) is 16.7 Å². The maximum absolute atomic E-state index is 12.5. The molecule has 3 rings (SSSR count). The van der Waals surface area contributed by atoms with Crippen molar-refractivity contribution in [3.63, 3.8) is 0 Å². The minimum atomic E-state index is -1.26. The summed E-state index contributed by atoms with van der Waals surface area (Å²) in [7, 11) is 0. The predicted molar refractivity (Wildman–Crippen MR) is 78.9 cm³/mol. The topological polar surface area (TPSA) is 54.4 Å². The van der Waals surface area contributed by atoms with E-state index in [0.717, 1.165) is 0 Å². The molecule has 19 heavy (non-hydrogen) atoms. The molecule has 0 aromatic heterocycles. The van der Waals surface area contributed by atoms with Gasteiger partial charge in [-0.1, -0.05) is 59.0 Å². The van der Waals surface area contributed by atoms with Crippen LogP contribution < -0.4 is 0 Å². The van der Waals surface area contributed by atoms with Gasteiger partial charge >= 0.3 is 0 Å². The zero-order valence-corrected chi connectivity index (χ0v) is 11.9. The lowest BCUT2D eigenvalue weighted by molar-refractivity contribution is 0.0878. The third kappa shape index (κ3) is 1.63. The van der Waals surface area contributed by atoms with Gasteiger partial charge in [-0.15, -0.1) is 0 Å². The van der Waals surface area contributed by atoms with Gasteiger partial charge in [0.2, 0.25) is 0 Å². The lowest BCUT2D eigenvalue weighted by atomic mass is 9.94. The Labute approximate surface area is 123 Å². The quantitative estimate of drug-likeness (QED) is 0.481. The Balaban J connectivity index is 2.23. The summed E-state index contributed by atoms with van der Waals surface area (Å²) in [5, 5.41) is 9.55. The van der Waals surface area contributed by atoms with E-state index in [0.29, 0.717) is 16.7 Å². The average molecular weight is 364 g/mol. The van der Waals surface area contributed by atoms with Crippen LogP contribution in [-0.2, 0) is 3.42 Å². The SMILES string of the molecule is O=C1c2ccccc2C(=O)C1(I)c1cccc(O)c1. The largest absolute Gasteiger partial charge is 0.508 e. The number of hydrogen-bond donors (Lipinski definition) is 1. The number of fused-ring (bicyclic) bond motifs is 1. The first-order chi connectivity index (χ1) is 9.05. The maximum atomic E-state index is 12.5. The van der Waals surface area contributed by atoms with Crippen molar-refractivity contribution in [3.8, 4) is 5.75 Å². The number of phenolic OH excluding ortho intramolecular Hbond substituents is 1. The van der Waals surface area contributed by atoms with E-state index in [4.69, 9.17) is 0 Å². The number of phenols is 1. The second kappa shape index (κ2) is 4.16. The van der Waals surface area contributed by atoms with E-state index in [1.54, 1.807) is 36.4 Å². The number of carbonyl (C=O) groups is 2. The van der Waals surface area contributed by atoms with Gasteiger partial charge in [-0.3, -0.25) is 9.59 Å². The maximum Gasteiger partial charge on any atom is 0.191 e. The fraction of sp³-hybridized carbons (Fsp3) is 0.0667. The molecule has 2 aromatic carbocycles. The van der Waals surface area contributed by atoms with Gasteiger partial charge in [0.05, 0.1) is 0 Å². The van der Waals surface area contributed by atoms with Crippen molar-refractivity contribution in [2.75, 3.05) is 0 Å². The molecule has 1 N–H and O–H groups in total. The Morgan fingerprint density at radius 1 is 0.895 bits per heavy atom. The summed E-state index contributed by atoms with van der Waals surface area (Å²) in [4.78, 5) is 25.1. The number of aromatic hydroxyl groups is 1. The lowest BCUT2D eigenvalue weighted by Crippen LogP contribution is -2.31. The molecule has 1 aliphatic rings. The van der Waals surface area contributed by atoms with E-state index < -0.39 is 3.42 Å². The van der Waals surface area contributed by atoms with Gasteiger partial charge < -0.3 is 5.11 Å². The highest BCUT2D eigenvalue weighted by atomic mass is 127. The number of halogens is 1. The number of rotatable bonds is 1. The molecule has 1 aliphatic carbocycles. The molecule has 0 bridgehead atoms. The fourth-order valence-electron chi connectivity index (χ4n) is 2.34. The van der Waals surface area contributed by atoms with Gasteiger partial charge in [-0.05, 0) is 17.7 Å². The van der Waals surface area contributed by atoms with Crippen LogP contribution in [0.4, 0.5) is 0 Å². The molecule has 2 aromatic rings. The molecular weight excluding hydrogens is 355 g/mol. The van der Waals surface area contributed by atoms with Crippen molar-refractivity contribution in [3.05, 3.63) is 65.2 Å². The lowest BCUT2D eigenvalue weighted by Gasteiger charge is -2.18. The number of ketones is 2. The van der Waals surface area contributed by atoms with Gasteiger partial charge in [0.25, 0.3) is 0 Å². The summed E-state index contributed by atoms with van der Waals surface area (Å²) in [6.07, 6.45) is 0. The molecule has 0 unspecified atom stereocenters. The smallest absolute Gasteiger partial charge is 0.191 e. The van der Waals surface area contributed by atoms with Crippen LogP contribution in [0.3, 0.4) is 0 Å². The summed E-state index contributed by atoms with van der Waals surface area (Å²) in [6.45, 7) is 0. The van der Waals surface area contributed by atoms with E-state index in [2.05, 4.69) is 0 Å². The monoisotopic (exact) mass is 364 g/mol. The summed E-state index contributed by atoms with van der Waals surface area (Å²) >= 11 is 1.89. The second-order valence-corrected chi connectivity index (χ2v) is 6.03. The van der Waals surface area contributed by atoms with Crippen LogP contribution in [0.15, 0.2) is 48.5 Å². The van der Waals surface area contributed by atoms with Crippen LogP contribution in [0.5, 0.6) is 5.75 Å². The molecule has 3 nitrogen and oxygen atoms in total. The van der Waals surface area contributed by atoms with E-state index in [-0.39, 0.29) is 17.3 Å². The third-order valence-electron chi connectivity index (χ3n) is 3.29. The molecule has 0 aliphatic heterocycles. The highest BCUT2D eigenvalue weighted by Gasteiger charge is 2.52. The van der Waals surface area contributed by atoms with Gasteiger partial charge in [-0.25, -0.2) is 0 Å². The molecule has 0 spiro atoms. The Bertz CT molecular complexity index is 671. The number of carbonyl (C=O) groups excluding carboxylic acids is 2. The summed E-state index contributed by atoms with van der Waals surface area (Å²) < 4.78 is -1.26. The van der Waals surface area contributed by atoms with Crippen molar-refractivity contribution in [1.29, 1.82) is 0 Å². The molecule has 0 fully saturated rings. The Morgan fingerprint density at radius 2 is 1.47 bits per heavy atom. The number of Topliss-reactive ketones (excluding diaryl/α,β-unsaturated/α-hetero) is 2. The molecule has 94 valence electrons. The molecule has 0 saturated carbocycles. The molecule has 4 heteroatoms. The normalized spacial score (nSPS) is 16.5. The molecule has 0 atom stereocenters. The van der Waals surface area contributed by atoms with E-state index in [9.17, 15) is 14.7 Å². The number of alkyl halides is 1.